The van der Waals surface area contributed by atoms with E-state index in [1.165, 1.54) is 0 Å². The van der Waals surface area contributed by atoms with E-state index < -0.39 is 5.41 Å². The van der Waals surface area contributed by atoms with Gasteiger partial charge in [0.1, 0.15) is 11.5 Å². The van der Waals surface area contributed by atoms with Crippen molar-refractivity contribution in [2.45, 2.75) is 19.4 Å². The van der Waals surface area contributed by atoms with Gasteiger partial charge in [0, 0.05) is 26.3 Å². The van der Waals surface area contributed by atoms with Gasteiger partial charge in [-0.05, 0) is 42.7 Å². The number of nitrogens with two attached hydrogens (primary N) is 1. The maximum atomic E-state index is 12.6. The van der Waals surface area contributed by atoms with Crippen molar-refractivity contribution >= 4 is 18.3 Å². The molecule has 6 heteroatoms. The van der Waals surface area contributed by atoms with Crippen molar-refractivity contribution in [3.63, 3.8) is 0 Å². The molecule has 1 fully saturated rings. The fourth-order valence-electron chi connectivity index (χ4n) is 2.96. The maximum absolute atomic E-state index is 12.6. The fraction of sp³-hybridized carbons (Fsp3) is 0.350. The highest BCUT2D eigenvalue weighted by Gasteiger charge is 2.38. The van der Waals surface area contributed by atoms with E-state index >= 15 is 0 Å². The number of carbonyl (C=O) groups excluding carboxylic acids is 1. The minimum atomic E-state index is -0.491. The van der Waals surface area contributed by atoms with E-state index in [9.17, 15) is 4.79 Å². The number of rotatable bonds is 6. The molecule has 2 aromatic carbocycles. The van der Waals surface area contributed by atoms with E-state index in [1.54, 1.807) is 0 Å². The van der Waals surface area contributed by atoms with E-state index in [1.807, 2.05) is 54.6 Å². The molecule has 5 nitrogen and oxygen atoms in total. The molecule has 0 saturated carbocycles. The minimum Gasteiger partial charge on any atom is -0.457 e. The van der Waals surface area contributed by atoms with Gasteiger partial charge in [0.15, 0.2) is 0 Å². The highest BCUT2D eigenvalue weighted by Crippen LogP contribution is 2.29. The lowest BCUT2D eigenvalue weighted by Crippen LogP contribution is -2.48. The molecule has 3 N–H and O–H groups in total. The average Bonchev–Trinajstić information content (AvgIpc) is 2.68. The molecule has 0 bridgehead atoms. The summed E-state index contributed by atoms with van der Waals surface area (Å²) in [5.74, 6) is 1.58. The van der Waals surface area contributed by atoms with Crippen LogP contribution >= 0.6 is 12.4 Å². The molecule has 26 heavy (non-hydrogen) atoms. The number of nitrogens with one attached hydrogen (secondary N) is 1. The number of benzene rings is 2. The van der Waals surface area contributed by atoms with Crippen LogP contribution in [0, 0.1) is 5.41 Å². The van der Waals surface area contributed by atoms with Crippen molar-refractivity contribution < 1.29 is 14.3 Å². The van der Waals surface area contributed by atoms with Crippen molar-refractivity contribution in [1.29, 1.82) is 0 Å². The van der Waals surface area contributed by atoms with Gasteiger partial charge in [-0.3, -0.25) is 4.79 Å². The number of carbonyl (C=O) groups is 1. The predicted molar refractivity (Wildman–Crippen MR) is 104 cm³/mol. The first-order chi connectivity index (χ1) is 12.2. The Kier molecular flexibility index (Phi) is 7.45. The Morgan fingerprint density at radius 1 is 1.04 bits per heavy atom. The monoisotopic (exact) mass is 376 g/mol. The smallest absolute Gasteiger partial charge is 0.227 e. The summed E-state index contributed by atoms with van der Waals surface area (Å²) >= 11 is 0. The molecule has 140 valence electrons. The van der Waals surface area contributed by atoms with Crippen LogP contribution in [0.15, 0.2) is 54.6 Å². The summed E-state index contributed by atoms with van der Waals surface area (Å²) in [7, 11) is 0. The van der Waals surface area contributed by atoms with E-state index in [4.69, 9.17) is 15.2 Å². The van der Waals surface area contributed by atoms with Gasteiger partial charge in [-0.25, -0.2) is 0 Å². The van der Waals surface area contributed by atoms with E-state index in [0.29, 0.717) is 39.1 Å². The number of hydrogen-bond donors (Lipinski definition) is 2. The van der Waals surface area contributed by atoms with Crippen LogP contribution in [0.5, 0.6) is 11.5 Å². The lowest BCUT2D eigenvalue weighted by atomic mass is 9.79. The second kappa shape index (κ2) is 9.57. The zero-order valence-electron chi connectivity index (χ0n) is 14.6. The Labute approximate surface area is 160 Å². The lowest BCUT2D eigenvalue weighted by Gasteiger charge is -2.34. The summed E-state index contributed by atoms with van der Waals surface area (Å²) in [6.45, 7) is 2.02. The van der Waals surface area contributed by atoms with Crippen LogP contribution in [0.2, 0.25) is 0 Å². The quantitative estimate of drug-likeness (QED) is 0.811. The first kappa shape index (κ1) is 20.2. The number of ether oxygens (including phenoxy) is 2. The van der Waals surface area contributed by atoms with Crippen molar-refractivity contribution in [3.05, 3.63) is 60.2 Å². The topological polar surface area (TPSA) is 73.6 Å². The third-order valence-corrected chi connectivity index (χ3v) is 4.68. The Balaban J connectivity index is 0.00000243. The standard InChI is InChI=1S/C20H24N2O3.ClH/c21-15-20(10-12-24-13-11-20)19(23)22-14-16-6-8-18(9-7-16)25-17-4-2-1-3-5-17;/h1-9H,10-15,21H2,(H,22,23);1H. The molecule has 0 atom stereocenters. The largest absolute Gasteiger partial charge is 0.457 e. The van der Waals surface area contributed by atoms with Crippen LogP contribution < -0.4 is 15.8 Å². The molecule has 1 saturated heterocycles. The highest BCUT2D eigenvalue weighted by molar-refractivity contribution is 5.85. The Bertz CT molecular complexity index is 686. The molecule has 0 aromatic heterocycles. The van der Waals surface area contributed by atoms with Gasteiger partial charge in [0.25, 0.3) is 0 Å². The second-order valence-corrected chi connectivity index (χ2v) is 6.34. The Morgan fingerprint density at radius 2 is 1.65 bits per heavy atom. The van der Waals surface area contributed by atoms with Gasteiger partial charge in [-0.2, -0.15) is 0 Å². The van der Waals surface area contributed by atoms with Crippen LogP contribution in [-0.2, 0) is 16.1 Å². The van der Waals surface area contributed by atoms with Crippen molar-refractivity contribution in [3.8, 4) is 11.5 Å². The molecule has 2 aromatic rings. The van der Waals surface area contributed by atoms with Crippen LogP contribution in [-0.4, -0.2) is 25.7 Å². The van der Waals surface area contributed by atoms with Gasteiger partial charge >= 0.3 is 0 Å². The first-order valence-corrected chi connectivity index (χ1v) is 8.60. The van der Waals surface area contributed by atoms with Crippen molar-refractivity contribution in [2.75, 3.05) is 19.8 Å². The molecule has 1 amide bonds. The summed E-state index contributed by atoms with van der Waals surface area (Å²) in [4.78, 5) is 12.6. The molecule has 1 aliphatic rings. The van der Waals surface area contributed by atoms with Crippen LogP contribution in [0.1, 0.15) is 18.4 Å². The SMILES string of the molecule is Cl.NCC1(C(=O)NCc2ccc(Oc3ccccc3)cc2)CCOCC1. The molecule has 0 aliphatic carbocycles. The molecule has 1 heterocycles. The van der Waals surface area contributed by atoms with Crippen LogP contribution in [0.4, 0.5) is 0 Å². The molecular weight excluding hydrogens is 352 g/mol. The van der Waals surface area contributed by atoms with Crippen molar-refractivity contribution in [1.82, 2.24) is 5.32 Å². The summed E-state index contributed by atoms with van der Waals surface area (Å²) in [6, 6.07) is 17.4. The van der Waals surface area contributed by atoms with E-state index in [0.717, 1.165) is 17.1 Å². The number of para-hydroxylation sites is 1. The van der Waals surface area contributed by atoms with E-state index in [2.05, 4.69) is 5.32 Å². The Hall–Kier alpha value is -2.08. The molecule has 0 radical (unpaired) electrons. The zero-order chi connectivity index (χ0) is 17.5. The van der Waals surface area contributed by atoms with Crippen LogP contribution in [0.25, 0.3) is 0 Å². The van der Waals surface area contributed by atoms with Gasteiger partial charge in [-0.15, -0.1) is 12.4 Å². The summed E-state index contributed by atoms with van der Waals surface area (Å²) in [6.07, 6.45) is 1.36. The fourth-order valence-corrected chi connectivity index (χ4v) is 2.96. The third-order valence-electron chi connectivity index (χ3n) is 4.68. The lowest BCUT2D eigenvalue weighted by molar-refractivity contribution is -0.136. The van der Waals surface area contributed by atoms with E-state index in [-0.39, 0.29) is 18.3 Å². The number of halogens is 1. The number of hydrogen-bond acceptors (Lipinski definition) is 4. The molecule has 0 unspecified atom stereocenters. The summed E-state index contributed by atoms with van der Waals surface area (Å²) in [5, 5.41) is 3.01. The van der Waals surface area contributed by atoms with Gasteiger partial charge in [0.2, 0.25) is 5.91 Å². The third kappa shape index (κ3) is 4.97. The summed E-state index contributed by atoms with van der Waals surface area (Å²) < 4.78 is 11.1. The molecule has 0 spiro atoms. The average molecular weight is 377 g/mol. The second-order valence-electron chi connectivity index (χ2n) is 6.34. The predicted octanol–water partition coefficient (Wildman–Crippen LogP) is 3.27. The Morgan fingerprint density at radius 3 is 2.27 bits per heavy atom. The van der Waals surface area contributed by atoms with Crippen LogP contribution in [0.3, 0.4) is 0 Å². The minimum absolute atomic E-state index is 0. The van der Waals surface area contributed by atoms with Gasteiger partial charge in [-0.1, -0.05) is 30.3 Å². The van der Waals surface area contributed by atoms with Gasteiger partial charge in [0.05, 0.1) is 5.41 Å². The summed E-state index contributed by atoms with van der Waals surface area (Å²) in [5.41, 5.74) is 6.40. The maximum Gasteiger partial charge on any atom is 0.227 e. The van der Waals surface area contributed by atoms with Crippen molar-refractivity contribution in [2.24, 2.45) is 11.1 Å². The number of amides is 1. The zero-order valence-corrected chi connectivity index (χ0v) is 15.5. The normalized spacial score (nSPS) is 15.6. The molecule has 3 rings (SSSR count). The highest BCUT2D eigenvalue weighted by atomic mass is 35.5. The molecular formula is C20H25ClN2O3. The van der Waals surface area contributed by atoms with Gasteiger partial charge < -0.3 is 20.5 Å². The first-order valence-electron chi connectivity index (χ1n) is 8.60. The molecule has 1 aliphatic heterocycles.